The first-order chi connectivity index (χ1) is 7.73. The molecule has 2 heteroatoms. The SMILES string of the molecule is CC.CC(C)C1=CC(=O)C=C(C(C)(C)C)C1=O. The molecule has 0 bridgehead atoms. The average molecular weight is 236 g/mol. The van der Waals surface area contributed by atoms with Crippen molar-refractivity contribution in [1.29, 1.82) is 0 Å². The lowest BCUT2D eigenvalue weighted by atomic mass is 9.77. The predicted molar refractivity (Wildman–Crippen MR) is 71.8 cm³/mol. The summed E-state index contributed by atoms with van der Waals surface area (Å²) in [5, 5.41) is 0. The van der Waals surface area contributed by atoms with Crippen LogP contribution >= 0.6 is 0 Å². The number of allylic oxidation sites excluding steroid dienone is 4. The highest BCUT2D eigenvalue weighted by Crippen LogP contribution is 2.32. The van der Waals surface area contributed by atoms with Crippen molar-refractivity contribution in [3.8, 4) is 0 Å². The van der Waals surface area contributed by atoms with Crippen molar-refractivity contribution in [3.63, 3.8) is 0 Å². The minimum Gasteiger partial charge on any atom is -0.290 e. The summed E-state index contributed by atoms with van der Waals surface area (Å²) >= 11 is 0. The summed E-state index contributed by atoms with van der Waals surface area (Å²) in [5.74, 6) is 0.0628. The Hall–Kier alpha value is -1.18. The fourth-order valence-corrected chi connectivity index (χ4v) is 1.61. The van der Waals surface area contributed by atoms with E-state index < -0.39 is 0 Å². The van der Waals surface area contributed by atoms with Crippen LogP contribution in [0.4, 0.5) is 0 Å². The Kier molecular flexibility index (Phi) is 5.53. The van der Waals surface area contributed by atoms with Crippen LogP contribution in [0.2, 0.25) is 0 Å². The Balaban J connectivity index is 0.00000121. The Morgan fingerprint density at radius 3 is 1.82 bits per heavy atom. The van der Waals surface area contributed by atoms with Gasteiger partial charge in [-0.1, -0.05) is 48.5 Å². The first kappa shape index (κ1) is 15.8. The van der Waals surface area contributed by atoms with Crippen LogP contribution in [0.3, 0.4) is 0 Å². The molecule has 17 heavy (non-hydrogen) atoms. The first-order valence-electron chi connectivity index (χ1n) is 6.26. The fraction of sp³-hybridized carbons (Fsp3) is 0.600. The molecule has 0 aromatic rings. The first-order valence-corrected chi connectivity index (χ1v) is 6.26. The van der Waals surface area contributed by atoms with Crippen molar-refractivity contribution in [2.75, 3.05) is 0 Å². The van der Waals surface area contributed by atoms with Crippen molar-refractivity contribution in [2.24, 2.45) is 11.3 Å². The Morgan fingerprint density at radius 2 is 1.47 bits per heavy atom. The fourth-order valence-electron chi connectivity index (χ4n) is 1.61. The molecule has 0 heterocycles. The van der Waals surface area contributed by atoms with Gasteiger partial charge in [0.05, 0.1) is 0 Å². The van der Waals surface area contributed by atoms with Gasteiger partial charge in [-0.25, -0.2) is 0 Å². The zero-order valence-corrected chi connectivity index (χ0v) is 12.0. The van der Waals surface area contributed by atoms with Gasteiger partial charge < -0.3 is 0 Å². The summed E-state index contributed by atoms with van der Waals surface area (Å²) in [6.07, 6.45) is 2.93. The molecule has 2 nitrogen and oxygen atoms in total. The molecular weight excluding hydrogens is 212 g/mol. The Bertz CT molecular complexity index is 363. The number of hydrogen-bond acceptors (Lipinski definition) is 2. The van der Waals surface area contributed by atoms with Gasteiger partial charge in [0.15, 0.2) is 11.6 Å². The second-order valence-corrected chi connectivity index (χ2v) is 5.29. The van der Waals surface area contributed by atoms with Gasteiger partial charge in [-0.2, -0.15) is 0 Å². The van der Waals surface area contributed by atoms with E-state index in [4.69, 9.17) is 0 Å². The van der Waals surface area contributed by atoms with Crippen LogP contribution < -0.4 is 0 Å². The third kappa shape index (κ3) is 3.95. The van der Waals surface area contributed by atoms with E-state index >= 15 is 0 Å². The van der Waals surface area contributed by atoms with E-state index in [1.165, 1.54) is 12.2 Å². The van der Waals surface area contributed by atoms with Crippen molar-refractivity contribution >= 4 is 11.6 Å². The van der Waals surface area contributed by atoms with Crippen LogP contribution in [0, 0.1) is 11.3 Å². The maximum absolute atomic E-state index is 12.1. The van der Waals surface area contributed by atoms with Crippen LogP contribution in [-0.2, 0) is 9.59 Å². The molecule has 0 amide bonds. The van der Waals surface area contributed by atoms with Gasteiger partial charge in [-0.3, -0.25) is 9.59 Å². The molecule has 0 N–H and O–H groups in total. The highest BCUT2D eigenvalue weighted by atomic mass is 16.1. The third-order valence-electron chi connectivity index (χ3n) is 2.52. The van der Waals surface area contributed by atoms with E-state index in [1.807, 2.05) is 48.5 Å². The number of carbonyl (C=O) groups excluding carboxylic acids is 2. The lowest BCUT2D eigenvalue weighted by molar-refractivity contribution is -0.116. The van der Waals surface area contributed by atoms with E-state index in [0.717, 1.165) is 0 Å². The molecule has 0 saturated heterocycles. The summed E-state index contributed by atoms with van der Waals surface area (Å²) in [6, 6.07) is 0. The lowest BCUT2D eigenvalue weighted by Crippen LogP contribution is -2.25. The van der Waals surface area contributed by atoms with E-state index in [2.05, 4.69) is 0 Å². The summed E-state index contributed by atoms with van der Waals surface area (Å²) in [7, 11) is 0. The van der Waals surface area contributed by atoms with Crippen LogP contribution in [0.15, 0.2) is 23.3 Å². The average Bonchev–Trinajstić information content (AvgIpc) is 2.22. The number of carbonyl (C=O) groups is 2. The number of hydrogen-bond donors (Lipinski definition) is 0. The van der Waals surface area contributed by atoms with Gasteiger partial charge in [0.25, 0.3) is 0 Å². The van der Waals surface area contributed by atoms with Gasteiger partial charge in [0.2, 0.25) is 0 Å². The molecule has 0 aromatic carbocycles. The smallest absolute Gasteiger partial charge is 0.186 e. The topological polar surface area (TPSA) is 34.1 Å². The highest BCUT2D eigenvalue weighted by Gasteiger charge is 2.30. The van der Waals surface area contributed by atoms with Crippen LogP contribution in [0.25, 0.3) is 0 Å². The second-order valence-electron chi connectivity index (χ2n) is 5.29. The van der Waals surface area contributed by atoms with E-state index in [1.54, 1.807) is 0 Å². The van der Waals surface area contributed by atoms with Crippen LogP contribution in [-0.4, -0.2) is 11.6 Å². The second kappa shape index (κ2) is 5.95. The van der Waals surface area contributed by atoms with Crippen molar-refractivity contribution < 1.29 is 9.59 Å². The normalized spacial score (nSPS) is 16.2. The molecule has 0 unspecified atom stereocenters. The molecule has 0 spiro atoms. The summed E-state index contributed by atoms with van der Waals surface area (Å²) < 4.78 is 0. The largest absolute Gasteiger partial charge is 0.290 e. The molecule has 1 aliphatic rings. The molecule has 1 aliphatic carbocycles. The van der Waals surface area contributed by atoms with Gasteiger partial charge in [-0.15, -0.1) is 0 Å². The zero-order valence-electron chi connectivity index (χ0n) is 12.0. The van der Waals surface area contributed by atoms with E-state index in [0.29, 0.717) is 11.1 Å². The van der Waals surface area contributed by atoms with Crippen LogP contribution in [0.5, 0.6) is 0 Å². The maximum Gasteiger partial charge on any atom is 0.186 e. The maximum atomic E-state index is 12.1. The standard InChI is InChI=1S/C13H18O2.C2H6/c1-8(2)10-6-9(14)7-11(12(10)15)13(3,4)5;1-2/h6-8H,1-5H3;1-2H3. The minimum atomic E-state index is -0.263. The van der Waals surface area contributed by atoms with Gasteiger partial charge in [0.1, 0.15) is 0 Å². The van der Waals surface area contributed by atoms with Gasteiger partial charge >= 0.3 is 0 Å². The number of rotatable bonds is 1. The van der Waals surface area contributed by atoms with E-state index in [9.17, 15) is 9.59 Å². The molecule has 0 atom stereocenters. The van der Waals surface area contributed by atoms with Crippen molar-refractivity contribution in [1.82, 2.24) is 0 Å². The third-order valence-corrected chi connectivity index (χ3v) is 2.52. The summed E-state index contributed by atoms with van der Waals surface area (Å²) in [6.45, 7) is 13.7. The highest BCUT2D eigenvalue weighted by molar-refractivity contribution is 6.20. The van der Waals surface area contributed by atoms with E-state index in [-0.39, 0.29) is 22.9 Å². The van der Waals surface area contributed by atoms with Crippen LogP contribution in [0.1, 0.15) is 48.5 Å². The van der Waals surface area contributed by atoms with Gasteiger partial charge in [-0.05, 0) is 23.5 Å². The zero-order chi connectivity index (χ0) is 13.8. The molecule has 1 rings (SSSR count). The molecule has 96 valence electrons. The summed E-state index contributed by atoms with van der Waals surface area (Å²) in [5.41, 5.74) is 0.993. The molecule has 0 aromatic heterocycles. The van der Waals surface area contributed by atoms with Gasteiger partial charge in [0, 0.05) is 11.1 Å². The Labute approximate surface area is 105 Å². The van der Waals surface area contributed by atoms with Crippen molar-refractivity contribution in [3.05, 3.63) is 23.3 Å². The molecular formula is C15H24O2. The summed E-state index contributed by atoms with van der Waals surface area (Å²) in [4.78, 5) is 23.5. The number of ketones is 2. The molecule has 0 radical (unpaired) electrons. The van der Waals surface area contributed by atoms with Crippen molar-refractivity contribution in [2.45, 2.75) is 48.5 Å². The monoisotopic (exact) mass is 236 g/mol. The number of Topliss-reactive ketones (excluding diaryl/α,β-unsaturated/α-hetero) is 1. The molecule has 0 aliphatic heterocycles. The Morgan fingerprint density at radius 1 is 1.00 bits per heavy atom. The predicted octanol–water partition coefficient (Wildman–Crippen LogP) is 3.72. The lowest BCUT2D eigenvalue weighted by Gasteiger charge is -2.25. The molecule has 0 fully saturated rings. The quantitative estimate of drug-likeness (QED) is 0.650. The minimum absolute atomic E-state index is 0.0251. The molecule has 0 saturated carbocycles.